The molecule has 0 aromatic heterocycles. The van der Waals surface area contributed by atoms with E-state index in [2.05, 4.69) is 0 Å². The minimum atomic E-state index is 0.306. The Bertz CT molecular complexity index is 235. The Balaban J connectivity index is 1.78. The van der Waals surface area contributed by atoms with Crippen molar-refractivity contribution in [3.05, 3.63) is 0 Å². The summed E-state index contributed by atoms with van der Waals surface area (Å²) in [5, 5.41) is 0. The second kappa shape index (κ2) is 6.67. The first-order valence-electron chi connectivity index (χ1n) is 7.34. The number of carbonyl (C=O) groups excluding carboxylic acids is 1. The lowest BCUT2D eigenvalue weighted by molar-refractivity contribution is -0.130. The van der Waals surface area contributed by atoms with Crippen LogP contribution in [0.3, 0.4) is 0 Å². The molecule has 0 aromatic carbocycles. The van der Waals surface area contributed by atoms with Crippen molar-refractivity contribution in [3.8, 4) is 0 Å². The summed E-state index contributed by atoms with van der Waals surface area (Å²) in [6, 6.07) is 0. The van der Waals surface area contributed by atoms with Crippen LogP contribution in [-0.4, -0.2) is 32.2 Å². The van der Waals surface area contributed by atoms with Crippen LogP contribution >= 0.6 is 0 Å². The standard InChI is InChI=1S/C15H26O3/c1-17-13-7-3-11(4-8-13)15(16)12-5-9-14(18-2)10-6-12/h11-14H,3-10H2,1-2H3/t11-,12-,13+,14+. The number of hydrogen-bond acceptors (Lipinski definition) is 3. The first-order chi connectivity index (χ1) is 8.74. The topological polar surface area (TPSA) is 35.5 Å². The fourth-order valence-electron chi connectivity index (χ4n) is 3.50. The third kappa shape index (κ3) is 3.33. The van der Waals surface area contributed by atoms with Crippen LogP contribution in [0.5, 0.6) is 0 Å². The van der Waals surface area contributed by atoms with E-state index in [1.165, 1.54) is 0 Å². The van der Waals surface area contributed by atoms with Gasteiger partial charge in [-0.05, 0) is 51.4 Å². The quantitative estimate of drug-likeness (QED) is 0.773. The van der Waals surface area contributed by atoms with Gasteiger partial charge < -0.3 is 9.47 Å². The number of ketones is 1. The number of hydrogen-bond donors (Lipinski definition) is 0. The summed E-state index contributed by atoms with van der Waals surface area (Å²) in [4.78, 5) is 12.5. The van der Waals surface area contributed by atoms with Crippen molar-refractivity contribution >= 4 is 5.78 Å². The van der Waals surface area contributed by atoms with Crippen molar-refractivity contribution in [1.82, 2.24) is 0 Å². The summed E-state index contributed by atoms with van der Waals surface area (Å²) in [6.07, 6.45) is 9.12. The Hall–Kier alpha value is -0.410. The van der Waals surface area contributed by atoms with E-state index >= 15 is 0 Å². The zero-order valence-corrected chi connectivity index (χ0v) is 11.7. The van der Waals surface area contributed by atoms with Gasteiger partial charge in [-0.25, -0.2) is 0 Å². The molecule has 104 valence electrons. The van der Waals surface area contributed by atoms with Gasteiger partial charge >= 0.3 is 0 Å². The zero-order chi connectivity index (χ0) is 13.0. The first-order valence-corrected chi connectivity index (χ1v) is 7.34. The van der Waals surface area contributed by atoms with Crippen LogP contribution in [0, 0.1) is 11.8 Å². The van der Waals surface area contributed by atoms with Crippen molar-refractivity contribution < 1.29 is 14.3 Å². The van der Waals surface area contributed by atoms with Crippen molar-refractivity contribution in [3.63, 3.8) is 0 Å². The van der Waals surface area contributed by atoms with Gasteiger partial charge in [0.2, 0.25) is 0 Å². The van der Waals surface area contributed by atoms with Gasteiger partial charge in [0.25, 0.3) is 0 Å². The van der Waals surface area contributed by atoms with Gasteiger partial charge in [-0.15, -0.1) is 0 Å². The molecule has 2 aliphatic carbocycles. The molecular weight excluding hydrogens is 228 g/mol. The van der Waals surface area contributed by atoms with Crippen LogP contribution in [0.4, 0.5) is 0 Å². The van der Waals surface area contributed by atoms with Crippen LogP contribution < -0.4 is 0 Å². The SMILES string of the molecule is CO[C@H]1CC[C@@H](C(=O)[C@H]2CC[C@@H](OC)CC2)CC1. The van der Waals surface area contributed by atoms with E-state index < -0.39 is 0 Å². The number of Topliss-reactive ketones (excluding diaryl/α,β-unsaturated/α-hetero) is 1. The highest BCUT2D eigenvalue weighted by atomic mass is 16.5. The minimum Gasteiger partial charge on any atom is -0.381 e. The van der Waals surface area contributed by atoms with Gasteiger partial charge in [0.15, 0.2) is 0 Å². The Labute approximate surface area is 110 Å². The maximum Gasteiger partial charge on any atom is 0.139 e. The van der Waals surface area contributed by atoms with Gasteiger partial charge in [-0.1, -0.05) is 0 Å². The highest BCUT2D eigenvalue weighted by Crippen LogP contribution is 2.34. The Morgan fingerprint density at radius 3 is 1.33 bits per heavy atom. The molecule has 2 fully saturated rings. The molecule has 0 aromatic rings. The Morgan fingerprint density at radius 2 is 1.06 bits per heavy atom. The molecule has 0 amide bonds. The summed E-state index contributed by atoms with van der Waals surface area (Å²) in [6.45, 7) is 0. The van der Waals surface area contributed by atoms with Crippen LogP contribution in [0.2, 0.25) is 0 Å². The second-order valence-corrected chi connectivity index (χ2v) is 5.82. The molecule has 0 radical (unpaired) electrons. The van der Waals surface area contributed by atoms with Crippen LogP contribution in [0.15, 0.2) is 0 Å². The molecule has 0 heterocycles. The molecule has 0 atom stereocenters. The molecule has 3 nitrogen and oxygen atoms in total. The molecule has 2 rings (SSSR count). The van der Waals surface area contributed by atoms with E-state index in [0.717, 1.165) is 51.4 Å². The molecule has 2 aliphatic rings. The van der Waals surface area contributed by atoms with E-state index in [1.807, 2.05) is 0 Å². The molecule has 0 spiro atoms. The molecule has 3 heteroatoms. The zero-order valence-electron chi connectivity index (χ0n) is 11.7. The molecule has 2 saturated carbocycles. The van der Waals surface area contributed by atoms with E-state index in [0.29, 0.717) is 29.8 Å². The van der Waals surface area contributed by atoms with Gasteiger partial charge in [0, 0.05) is 26.1 Å². The van der Waals surface area contributed by atoms with Crippen molar-refractivity contribution in [2.24, 2.45) is 11.8 Å². The third-order valence-electron chi connectivity index (χ3n) is 4.82. The van der Waals surface area contributed by atoms with Crippen LogP contribution in [0.1, 0.15) is 51.4 Å². The number of carbonyl (C=O) groups is 1. The van der Waals surface area contributed by atoms with Crippen molar-refractivity contribution in [2.75, 3.05) is 14.2 Å². The van der Waals surface area contributed by atoms with Gasteiger partial charge in [-0.2, -0.15) is 0 Å². The smallest absolute Gasteiger partial charge is 0.139 e. The summed E-state index contributed by atoms with van der Waals surface area (Å²) >= 11 is 0. The van der Waals surface area contributed by atoms with E-state index in [-0.39, 0.29) is 0 Å². The lowest BCUT2D eigenvalue weighted by Crippen LogP contribution is -2.33. The first kappa shape index (κ1) is 14.0. The highest BCUT2D eigenvalue weighted by molar-refractivity contribution is 5.83. The van der Waals surface area contributed by atoms with Crippen LogP contribution in [-0.2, 0) is 14.3 Å². The lowest BCUT2D eigenvalue weighted by atomic mass is 9.75. The molecule has 0 bridgehead atoms. The van der Waals surface area contributed by atoms with E-state index in [9.17, 15) is 4.79 Å². The predicted octanol–water partition coefficient (Wildman–Crippen LogP) is 2.97. The average Bonchev–Trinajstić information content (AvgIpc) is 2.47. The van der Waals surface area contributed by atoms with E-state index in [1.54, 1.807) is 14.2 Å². The third-order valence-corrected chi connectivity index (χ3v) is 4.82. The fourth-order valence-corrected chi connectivity index (χ4v) is 3.50. The van der Waals surface area contributed by atoms with Gasteiger partial charge in [0.1, 0.15) is 5.78 Å². The Morgan fingerprint density at radius 1 is 0.722 bits per heavy atom. The molecule has 18 heavy (non-hydrogen) atoms. The molecule has 0 N–H and O–H groups in total. The van der Waals surface area contributed by atoms with E-state index in [4.69, 9.17) is 9.47 Å². The monoisotopic (exact) mass is 254 g/mol. The molecule has 0 unspecified atom stereocenters. The van der Waals surface area contributed by atoms with Gasteiger partial charge in [0.05, 0.1) is 12.2 Å². The number of methoxy groups -OCH3 is 2. The molecule has 0 aliphatic heterocycles. The molecular formula is C15H26O3. The van der Waals surface area contributed by atoms with Gasteiger partial charge in [-0.3, -0.25) is 4.79 Å². The minimum absolute atomic E-state index is 0.306. The number of ether oxygens (including phenoxy) is 2. The molecule has 0 saturated heterocycles. The summed E-state index contributed by atoms with van der Waals surface area (Å²) < 4.78 is 10.7. The summed E-state index contributed by atoms with van der Waals surface area (Å²) in [7, 11) is 3.55. The highest BCUT2D eigenvalue weighted by Gasteiger charge is 2.33. The average molecular weight is 254 g/mol. The maximum absolute atomic E-state index is 12.5. The lowest BCUT2D eigenvalue weighted by Gasteiger charge is -2.32. The predicted molar refractivity (Wildman–Crippen MR) is 70.5 cm³/mol. The van der Waals surface area contributed by atoms with Crippen molar-refractivity contribution in [1.29, 1.82) is 0 Å². The van der Waals surface area contributed by atoms with Crippen LogP contribution in [0.25, 0.3) is 0 Å². The fraction of sp³-hybridized carbons (Fsp3) is 0.933. The number of rotatable bonds is 4. The Kier molecular flexibility index (Phi) is 5.19. The maximum atomic E-state index is 12.5. The second-order valence-electron chi connectivity index (χ2n) is 5.82. The summed E-state index contributed by atoms with van der Waals surface area (Å²) in [5.74, 6) is 1.14. The van der Waals surface area contributed by atoms with Crippen molar-refractivity contribution in [2.45, 2.75) is 63.6 Å². The largest absolute Gasteiger partial charge is 0.381 e. The summed E-state index contributed by atoms with van der Waals surface area (Å²) in [5.41, 5.74) is 0. The normalized spacial score (nSPS) is 37.4.